The Labute approximate surface area is 297 Å². The molecule has 1 aromatic carbocycles. The number of alkyl carbamates (subject to hydrolysis) is 2. The topological polar surface area (TPSA) is 183 Å². The molecule has 0 saturated heterocycles. The number of hydrogen-bond acceptors (Lipinski definition) is 10. The lowest BCUT2D eigenvalue weighted by molar-refractivity contribution is -0.202. The predicted molar refractivity (Wildman–Crippen MR) is 185 cm³/mol. The summed E-state index contributed by atoms with van der Waals surface area (Å²) in [5.74, 6) is -2.17. The SMILES string of the molecule is CCC(=O)O[C@]1(C(=O)COC(=O)NCCCNC(=O)OCc2ccc(N)cc2)[C@@H](C)CC2[C@@H]3CCC4=CC(=O)C=C[C@]4(C)[C@@]3(Cl)[C@@H](O)C[C@@]21C. The van der Waals surface area contributed by atoms with E-state index in [2.05, 4.69) is 10.6 Å². The molecule has 12 nitrogen and oxygen atoms in total. The summed E-state index contributed by atoms with van der Waals surface area (Å²) in [4.78, 5) is 63.0. The molecule has 3 fully saturated rings. The molecule has 0 spiro atoms. The number of nitrogens with two attached hydrogens (primary N) is 1. The Kier molecular flexibility index (Phi) is 10.7. The molecule has 0 heterocycles. The van der Waals surface area contributed by atoms with Crippen molar-refractivity contribution in [2.75, 3.05) is 25.4 Å². The smallest absolute Gasteiger partial charge is 0.407 e. The van der Waals surface area contributed by atoms with E-state index in [-0.39, 0.29) is 50.2 Å². The standard InChI is InChI=1S/C37H48ClN3O9/c1-5-31(45)50-37(30(44)21-49-33(47)41-16-6-15-40-32(46)48-20-23-7-10-25(39)11-8-23)22(2)17-28-27-12-9-24-18-26(42)13-14-34(24,3)36(27,38)29(43)19-35(28,37)4/h7-8,10-11,13-14,18,22,27-29,43H,5-6,9,12,15-17,19-21,39H2,1-4H3,(H,40,46)(H,41,47)/t22-,27-,28?,29-,34-,35-,36-,37-/m0/s1. The van der Waals surface area contributed by atoms with Crippen LogP contribution in [0.1, 0.15) is 71.8 Å². The van der Waals surface area contributed by atoms with E-state index in [9.17, 15) is 29.1 Å². The average molecular weight is 714 g/mol. The number of aliphatic hydroxyl groups is 1. The molecule has 0 aromatic heterocycles. The molecule has 1 aromatic rings. The van der Waals surface area contributed by atoms with Crippen LogP contribution in [0.15, 0.2) is 48.1 Å². The Morgan fingerprint density at radius 1 is 1.04 bits per heavy atom. The first-order valence-electron chi connectivity index (χ1n) is 17.3. The van der Waals surface area contributed by atoms with E-state index >= 15 is 0 Å². The molecule has 2 amide bonds. The second-order valence-electron chi connectivity index (χ2n) is 14.5. The lowest BCUT2D eigenvalue weighted by Gasteiger charge is -2.64. The van der Waals surface area contributed by atoms with E-state index in [1.807, 2.05) is 20.8 Å². The van der Waals surface area contributed by atoms with Gasteiger partial charge in [-0.05, 0) is 73.8 Å². The van der Waals surface area contributed by atoms with Crippen molar-refractivity contribution in [1.29, 1.82) is 0 Å². The molecule has 3 saturated carbocycles. The third-order valence-electron chi connectivity index (χ3n) is 11.7. The zero-order valence-electron chi connectivity index (χ0n) is 29.1. The minimum absolute atomic E-state index is 0.0310. The Hall–Kier alpha value is -3.90. The highest BCUT2D eigenvalue weighted by molar-refractivity contribution is 6.26. The van der Waals surface area contributed by atoms with Crippen molar-refractivity contribution in [2.24, 2.45) is 28.6 Å². The molecule has 0 aliphatic heterocycles. The summed E-state index contributed by atoms with van der Waals surface area (Å²) >= 11 is 7.55. The number of halogens is 1. The van der Waals surface area contributed by atoms with Gasteiger partial charge in [0.2, 0.25) is 5.78 Å². The van der Waals surface area contributed by atoms with Gasteiger partial charge in [0.25, 0.3) is 0 Å². The molecule has 50 heavy (non-hydrogen) atoms. The number of benzene rings is 1. The summed E-state index contributed by atoms with van der Waals surface area (Å²) in [6.07, 6.45) is 4.55. The number of ketones is 2. The number of rotatable bonds is 11. The molecule has 4 aliphatic carbocycles. The van der Waals surface area contributed by atoms with Crippen LogP contribution in [0.4, 0.5) is 15.3 Å². The minimum atomic E-state index is -1.67. The zero-order chi connectivity index (χ0) is 36.5. The number of ether oxygens (including phenoxy) is 3. The lowest BCUT2D eigenvalue weighted by Crippen LogP contribution is -2.69. The van der Waals surface area contributed by atoms with Gasteiger partial charge in [0.15, 0.2) is 18.0 Å². The van der Waals surface area contributed by atoms with Crippen molar-refractivity contribution in [2.45, 2.75) is 89.4 Å². The number of alkyl halides is 1. The molecule has 0 bridgehead atoms. The van der Waals surface area contributed by atoms with Crippen molar-refractivity contribution >= 4 is 47.0 Å². The van der Waals surface area contributed by atoms with Crippen LogP contribution in [0.3, 0.4) is 0 Å². The van der Waals surface area contributed by atoms with E-state index in [4.69, 9.17) is 31.5 Å². The number of hydrogen-bond donors (Lipinski definition) is 4. The first-order chi connectivity index (χ1) is 23.6. The van der Waals surface area contributed by atoms with Gasteiger partial charge in [-0.15, -0.1) is 11.6 Å². The van der Waals surface area contributed by atoms with Gasteiger partial charge in [0, 0.05) is 41.9 Å². The van der Waals surface area contributed by atoms with Crippen molar-refractivity contribution in [3.63, 3.8) is 0 Å². The molecule has 1 unspecified atom stereocenters. The Morgan fingerprint density at radius 3 is 2.36 bits per heavy atom. The Morgan fingerprint density at radius 2 is 1.70 bits per heavy atom. The highest BCUT2D eigenvalue weighted by Crippen LogP contribution is 2.72. The summed E-state index contributed by atoms with van der Waals surface area (Å²) in [6, 6.07) is 6.95. The fourth-order valence-electron chi connectivity index (χ4n) is 9.22. The number of esters is 1. The van der Waals surface area contributed by atoms with Crippen LogP contribution in [0, 0.1) is 28.6 Å². The third-order valence-corrected chi connectivity index (χ3v) is 12.7. The highest BCUT2D eigenvalue weighted by atomic mass is 35.5. The maximum absolute atomic E-state index is 14.3. The number of nitrogen functional groups attached to an aromatic ring is 1. The average Bonchev–Trinajstić information content (AvgIpc) is 3.29. The lowest BCUT2D eigenvalue weighted by atomic mass is 9.45. The van der Waals surface area contributed by atoms with E-state index in [0.29, 0.717) is 31.4 Å². The van der Waals surface area contributed by atoms with Gasteiger partial charge in [-0.1, -0.05) is 51.5 Å². The van der Waals surface area contributed by atoms with Crippen molar-refractivity contribution < 1.29 is 43.3 Å². The number of amides is 2. The van der Waals surface area contributed by atoms with Crippen LogP contribution >= 0.6 is 11.6 Å². The van der Waals surface area contributed by atoms with E-state index in [1.165, 1.54) is 6.08 Å². The number of allylic oxidation sites excluding steroid dienone is 4. The summed E-state index contributed by atoms with van der Waals surface area (Å²) in [5, 5.41) is 17.1. The summed E-state index contributed by atoms with van der Waals surface area (Å²) < 4.78 is 16.7. The molecule has 4 aliphatic rings. The van der Waals surface area contributed by atoms with Gasteiger partial charge in [-0.25, -0.2) is 9.59 Å². The Balaban J connectivity index is 1.21. The number of aliphatic hydroxyl groups excluding tert-OH is 1. The van der Waals surface area contributed by atoms with Crippen LogP contribution < -0.4 is 16.4 Å². The van der Waals surface area contributed by atoms with Crippen LogP contribution in [-0.2, 0) is 35.2 Å². The van der Waals surface area contributed by atoms with E-state index in [0.717, 1.165) is 11.1 Å². The van der Waals surface area contributed by atoms with E-state index in [1.54, 1.807) is 43.3 Å². The van der Waals surface area contributed by atoms with Crippen molar-refractivity contribution in [3.05, 3.63) is 53.6 Å². The first kappa shape index (κ1) is 37.4. The molecule has 8 atom stereocenters. The summed E-state index contributed by atoms with van der Waals surface area (Å²) in [7, 11) is 0. The second kappa shape index (κ2) is 14.4. The number of anilines is 1. The monoisotopic (exact) mass is 713 g/mol. The van der Waals surface area contributed by atoms with Gasteiger partial charge >= 0.3 is 18.2 Å². The van der Waals surface area contributed by atoms with Crippen LogP contribution in [0.25, 0.3) is 0 Å². The van der Waals surface area contributed by atoms with Crippen molar-refractivity contribution in [1.82, 2.24) is 10.6 Å². The van der Waals surface area contributed by atoms with Crippen LogP contribution in [0.5, 0.6) is 0 Å². The fraction of sp³-hybridized carbons (Fsp3) is 0.595. The molecule has 272 valence electrons. The van der Waals surface area contributed by atoms with Gasteiger partial charge < -0.3 is 35.7 Å². The molecule has 5 rings (SSSR count). The fourth-order valence-corrected chi connectivity index (χ4v) is 9.75. The van der Waals surface area contributed by atoms with E-state index < -0.39 is 63.9 Å². The maximum Gasteiger partial charge on any atom is 0.407 e. The predicted octanol–water partition coefficient (Wildman–Crippen LogP) is 4.76. The molecule has 0 radical (unpaired) electrons. The Bertz CT molecular complexity index is 1580. The normalized spacial score (nSPS) is 34.0. The number of nitrogens with one attached hydrogen (secondary N) is 2. The third kappa shape index (κ3) is 6.40. The largest absolute Gasteiger partial charge is 0.450 e. The molecule has 5 N–H and O–H groups in total. The molecular formula is C37H48ClN3O9. The van der Waals surface area contributed by atoms with Crippen molar-refractivity contribution in [3.8, 4) is 0 Å². The highest BCUT2D eigenvalue weighted by Gasteiger charge is 2.76. The second-order valence-corrected chi connectivity index (χ2v) is 15.1. The van der Waals surface area contributed by atoms with Gasteiger partial charge in [0.1, 0.15) is 6.61 Å². The van der Waals surface area contributed by atoms with Gasteiger partial charge in [-0.3, -0.25) is 14.4 Å². The number of carbonyl (C=O) groups is 5. The number of fused-ring (bicyclic) bond motifs is 5. The van der Waals surface area contributed by atoms with Crippen LogP contribution in [0.2, 0.25) is 0 Å². The number of Topliss-reactive ketones (excluding diaryl/α,β-unsaturated/α-hetero) is 1. The van der Waals surface area contributed by atoms with Gasteiger partial charge in [-0.2, -0.15) is 0 Å². The first-order valence-corrected chi connectivity index (χ1v) is 17.7. The number of carbonyl (C=O) groups excluding carboxylic acids is 5. The zero-order valence-corrected chi connectivity index (χ0v) is 29.8. The summed E-state index contributed by atoms with van der Waals surface area (Å²) in [5.41, 5.74) is 4.48. The molecular weight excluding hydrogens is 666 g/mol. The summed E-state index contributed by atoms with van der Waals surface area (Å²) in [6.45, 7) is 7.15. The maximum atomic E-state index is 14.3. The quantitative estimate of drug-likeness (QED) is 0.0820. The minimum Gasteiger partial charge on any atom is -0.450 e. The molecule has 13 heteroatoms. The van der Waals surface area contributed by atoms with Gasteiger partial charge in [0.05, 0.1) is 11.0 Å². The van der Waals surface area contributed by atoms with Crippen LogP contribution in [-0.4, -0.2) is 71.1 Å².